The van der Waals surface area contributed by atoms with E-state index in [0.29, 0.717) is 0 Å². The third-order valence-electron chi connectivity index (χ3n) is 2.53. The summed E-state index contributed by atoms with van der Waals surface area (Å²) in [4.78, 5) is 2.11. The molecule has 0 radical (unpaired) electrons. The fourth-order valence-corrected chi connectivity index (χ4v) is 2.65. The molecule has 0 bridgehead atoms. The number of nitrogens with one attached hydrogen (secondary N) is 2. The van der Waals surface area contributed by atoms with Crippen molar-refractivity contribution in [1.29, 1.82) is 0 Å². The normalized spacial score (nSPS) is 11.2. The van der Waals surface area contributed by atoms with Gasteiger partial charge in [-0.1, -0.05) is 37.6 Å². The monoisotopic (exact) mass is 301 g/mol. The van der Waals surface area contributed by atoms with Crippen LogP contribution < -0.4 is 16.0 Å². The van der Waals surface area contributed by atoms with Crippen LogP contribution in [-0.2, 0) is 22.2 Å². The van der Waals surface area contributed by atoms with Crippen LogP contribution in [0.4, 0.5) is 0 Å². The molecule has 106 valence electrons. The average Bonchev–Trinajstić information content (AvgIpc) is 2.35. The molecule has 0 unspecified atom stereocenters. The second-order valence-electron chi connectivity index (χ2n) is 4.27. The van der Waals surface area contributed by atoms with Crippen molar-refractivity contribution in [2.45, 2.75) is 31.9 Å². The van der Waals surface area contributed by atoms with E-state index in [0.717, 1.165) is 24.8 Å². The minimum atomic E-state index is -3.49. The Bertz CT molecular complexity index is 512. The molecule has 0 fully saturated rings. The van der Waals surface area contributed by atoms with Gasteiger partial charge in [0.15, 0.2) is 5.11 Å². The first-order valence-electron chi connectivity index (χ1n) is 6.05. The summed E-state index contributed by atoms with van der Waals surface area (Å²) in [5.41, 5.74) is 9.31. The fourth-order valence-electron chi connectivity index (χ4n) is 1.57. The number of nitrogens with two attached hydrogens (primary N) is 1. The molecule has 0 saturated heterocycles. The van der Waals surface area contributed by atoms with Crippen molar-refractivity contribution in [3.63, 3.8) is 0 Å². The van der Waals surface area contributed by atoms with Gasteiger partial charge in [-0.05, 0) is 36.2 Å². The average molecular weight is 301 g/mol. The molecular formula is C12H19N3O2S2. The van der Waals surface area contributed by atoms with Gasteiger partial charge in [-0.3, -0.25) is 5.43 Å². The van der Waals surface area contributed by atoms with Gasteiger partial charge in [-0.15, -0.1) is 4.83 Å². The largest absolute Gasteiger partial charge is 0.375 e. The van der Waals surface area contributed by atoms with E-state index >= 15 is 0 Å². The van der Waals surface area contributed by atoms with E-state index in [9.17, 15) is 8.42 Å². The molecular weight excluding hydrogens is 282 g/mol. The van der Waals surface area contributed by atoms with Crippen molar-refractivity contribution < 1.29 is 8.42 Å². The van der Waals surface area contributed by atoms with Crippen LogP contribution in [0.2, 0.25) is 0 Å². The lowest BCUT2D eigenvalue weighted by molar-refractivity contribution is 0.576. The molecule has 0 aliphatic rings. The third kappa shape index (κ3) is 6.51. The predicted octanol–water partition coefficient (Wildman–Crippen LogP) is 1.20. The highest BCUT2D eigenvalue weighted by atomic mass is 32.2. The van der Waals surface area contributed by atoms with Crippen molar-refractivity contribution in [3.8, 4) is 0 Å². The van der Waals surface area contributed by atoms with Gasteiger partial charge in [0.2, 0.25) is 10.0 Å². The first-order chi connectivity index (χ1) is 8.93. The van der Waals surface area contributed by atoms with Crippen molar-refractivity contribution >= 4 is 27.4 Å². The number of aryl methyl sites for hydroxylation is 1. The number of unbranched alkanes of at least 4 members (excludes halogenated alkanes) is 1. The Morgan fingerprint density at radius 3 is 2.37 bits per heavy atom. The summed E-state index contributed by atoms with van der Waals surface area (Å²) in [5, 5.41) is -0.113. The van der Waals surface area contributed by atoms with Crippen LogP contribution in [-0.4, -0.2) is 13.5 Å². The lowest BCUT2D eigenvalue weighted by Gasteiger charge is -2.08. The molecule has 7 heteroatoms. The summed E-state index contributed by atoms with van der Waals surface area (Å²) < 4.78 is 23.3. The van der Waals surface area contributed by atoms with E-state index in [2.05, 4.69) is 29.4 Å². The van der Waals surface area contributed by atoms with Gasteiger partial charge in [-0.25, -0.2) is 8.42 Å². The summed E-state index contributed by atoms with van der Waals surface area (Å²) in [6.07, 6.45) is 3.30. The lowest BCUT2D eigenvalue weighted by atomic mass is 10.1. The standard InChI is InChI=1S/C12H19N3O2S2/c1-2-3-4-10-5-7-11(8-6-10)9-19(16,17)15-14-12(13)18/h5-8,15H,2-4,9H2,1H3,(H3,13,14,18). The van der Waals surface area contributed by atoms with Crippen LogP contribution in [0.25, 0.3) is 0 Å². The minimum Gasteiger partial charge on any atom is -0.375 e. The van der Waals surface area contributed by atoms with E-state index in [1.165, 1.54) is 5.56 Å². The number of benzene rings is 1. The number of sulfonamides is 1. The van der Waals surface area contributed by atoms with Crippen molar-refractivity contribution in [3.05, 3.63) is 35.4 Å². The van der Waals surface area contributed by atoms with Crippen LogP contribution in [0.1, 0.15) is 30.9 Å². The lowest BCUT2D eigenvalue weighted by Crippen LogP contribution is -2.44. The maximum atomic E-state index is 11.7. The highest BCUT2D eigenvalue weighted by Gasteiger charge is 2.11. The number of hydrogen-bond donors (Lipinski definition) is 3. The zero-order valence-electron chi connectivity index (χ0n) is 10.8. The molecule has 0 aliphatic carbocycles. The van der Waals surface area contributed by atoms with Gasteiger partial charge >= 0.3 is 0 Å². The second kappa shape index (κ2) is 7.42. The summed E-state index contributed by atoms with van der Waals surface area (Å²) in [6, 6.07) is 7.57. The molecule has 0 spiro atoms. The topological polar surface area (TPSA) is 84.2 Å². The van der Waals surface area contributed by atoms with E-state index in [1.54, 1.807) is 0 Å². The first kappa shape index (κ1) is 15.9. The molecule has 1 aromatic rings. The van der Waals surface area contributed by atoms with Gasteiger partial charge in [-0.2, -0.15) is 0 Å². The Morgan fingerprint density at radius 2 is 1.84 bits per heavy atom. The van der Waals surface area contributed by atoms with Gasteiger partial charge in [0.05, 0.1) is 5.75 Å². The van der Waals surface area contributed by atoms with E-state index in [1.807, 2.05) is 24.3 Å². The molecule has 0 saturated carbocycles. The number of thiocarbonyl (C=S) groups is 1. The molecule has 1 aromatic carbocycles. The Morgan fingerprint density at radius 1 is 1.26 bits per heavy atom. The molecule has 0 amide bonds. The highest BCUT2D eigenvalue weighted by Crippen LogP contribution is 2.10. The molecule has 4 N–H and O–H groups in total. The summed E-state index contributed by atoms with van der Waals surface area (Å²) in [6.45, 7) is 2.14. The highest BCUT2D eigenvalue weighted by molar-refractivity contribution is 7.88. The molecule has 0 aromatic heterocycles. The van der Waals surface area contributed by atoms with Crippen molar-refractivity contribution in [1.82, 2.24) is 10.3 Å². The summed E-state index contributed by atoms with van der Waals surface area (Å²) in [5.74, 6) is -0.114. The Kier molecular flexibility index (Phi) is 6.20. The van der Waals surface area contributed by atoms with E-state index < -0.39 is 10.0 Å². The SMILES string of the molecule is CCCCc1ccc(CS(=O)(=O)NNC(N)=S)cc1. The zero-order chi connectivity index (χ0) is 14.3. The van der Waals surface area contributed by atoms with Crippen LogP contribution in [0.15, 0.2) is 24.3 Å². The number of hydrogen-bond acceptors (Lipinski definition) is 3. The summed E-state index contributed by atoms with van der Waals surface area (Å²) in [7, 11) is -3.49. The molecule has 0 heterocycles. The van der Waals surface area contributed by atoms with Gasteiger partial charge < -0.3 is 5.73 Å². The van der Waals surface area contributed by atoms with Crippen LogP contribution in [0.3, 0.4) is 0 Å². The van der Waals surface area contributed by atoms with Crippen LogP contribution >= 0.6 is 12.2 Å². The van der Waals surface area contributed by atoms with Crippen molar-refractivity contribution in [2.75, 3.05) is 0 Å². The Hall–Kier alpha value is -1.18. The predicted molar refractivity (Wildman–Crippen MR) is 80.7 cm³/mol. The van der Waals surface area contributed by atoms with Crippen LogP contribution in [0.5, 0.6) is 0 Å². The third-order valence-corrected chi connectivity index (χ3v) is 3.76. The number of hydrazine groups is 1. The second-order valence-corrected chi connectivity index (χ2v) is 6.43. The van der Waals surface area contributed by atoms with E-state index in [4.69, 9.17) is 5.73 Å². The Labute approximate surface area is 119 Å². The van der Waals surface area contributed by atoms with Gasteiger partial charge in [0.1, 0.15) is 0 Å². The molecule has 0 atom stereocenters. The molecule has 19 heavy (non-hydrogen) atoms. The zero-order valence-corrected chi connectivity index (χ0v) is 12.5. The summed E-state index contributed by atoms with van der Waals surface area (Å²) >= 11 is 4.53. The van der Waals surface area contributed by atoms with Gasteiger partial charge in [0.25, 0.3) is 0 Å². The van der Waals surface area contributed by atoms with Crippen LogP contribution in [0, 0.1) is 0 Å². The van der Waals surface area contributed by atoms with E-state index in [-0.39, 0.29) is 10.9 Å². The molecule has 5 nitrogen and oxygen atoms in total. The van der Waals surface area contributed by atoms with Gasteiger partial charge in [0, 0.05) is 0 Å². The maximum Gasteiger partial charge on any atom is 0.232 e. The smallest absolute Gasteiger partial charge is 0.232 e. The fraction of sp³-hybridized carbons (Fsp3) is 0.417. The number of rotatable bonds is 7. The molecule has 1 rings (SSSR count). The molecule has 0 aliphatic heterocycles. The first-order valence-corrected chi connectivity index (χ1v) is 8.12. The quantitative estimate of drug-likeness (QED) is 0.520. The minimum absolute atomic E-state index is 0.113. The van der Waals surface area contributed by atoms with Crippen molar-refractivity contribution in [2.24, 2.45) is 5.73 Å². The maximum absolute atomic E-state index is 11.7. The Balaban J connectivity index is 2.59.